The Hall–Kier alpha value is -2.18. The third-order valence-electron chi connectivity index (χ3n) is 3.41. The minimum absolute atomic E-state index is 0.0298. The molecule has 108 valence electrons. The maximum absolute atomic E-state index is 13.0. The molecule has 0 aliphatic carbocycles. The first kappa shape index (κ1) is 14.2. The molecule has 1 atom stereocenters. The standard InChI is InChI=1S/C13H14F2N2O3/c1-7(12(18)19)8-5-17(6-8)13(20)16-11-3-9(14)2-10(15)4-11/h2-4,7-8H,5-6H2,1H3,(H,16,20)(H,18,19). The Balaban J connectivity index is 1.90. The van der Waals surface area contributed by atoms with Crippen LogP contribution in [0.15, 0.2) is 18.2 Å². The van der Waals surface area contributed by atoms with Crippen molar-refractivity contribution in [2.24, 2.45) is 11.8 Å². The van der Waals surface area contributed by atoms with Crippen molar-refractivity contribution in [2.45, 2.75) is 6.92 Å². The second-order valence-corrected chi connectivity index (χ2v) is 4.88. The van der Waals surface area contributed by atoms with Crippen LogP contribution in [-0.2, 0) is 4.79 Å². The number of urea groups is 1. The molecule has 0 aromatic heterocycles. The van der Waals surface area contributed by atoms with Crippen molar-refractivity contribution in [3.05, 3.63) is 29.8 Å². The lowest BCUT2D eigenvalue weighted by Gasteiger charge is -2.41. The molecule has 1 aliphatic heterocycles. The Morgan fingerprint density at radius 2 is 1.85 bits per heavy atom. The molecule has 2 amide bonds. The van der Waals surface area contributed by atoms with Crippen LogP contribution in [0.4, 0.5) is 19.3 Å². The van der Waals surface area contributed by atoms with Crippen LogP contribution in [0.5, 0.6) is 0 Å². The van der Waals surface area contributed by atoms with Crippen LogP contribution in [0.1, 0.15) is 6.92 Å². The zero-order valence-corrected chi connectivity index (χ0v) is 10.8. The fourth-order valence-corrected chi connectivity index (χ4v) is 2.02. The molecule has 2 rings (SSSR count). The van der Waals surface area contributed by atoms with Crippen molar-refractivity contribution in [1.82, 2.24) is 4.90 Å². The highest BCUT2D eigenvalue weighted by atomic mass is 19.1. The van der Waals surface area contributed by atoms with Crippen molar-refractivity contribution < 1.29 is 23.5 Å². The number of carboxylic acids is 1. The van der Waals surface area contributed by atoms with Crippen LogP contribution < -0.4 is 5.32 Å². The summed E-state index contributed by atoms with van der Waals surface area (Å²) in [7, 11) is 0. The van der Waals surface area contributed by atoms with E-state index in [0.717, 1.165) is 12.1 Å². The summed E-state index contributed by atoms with van der Waals surface area (Å²) in [6, 6.07) is 2.24. The van der Waals surface area contributed by atoms with E-state index in [0.29, 0.717) is 19.2 Å². The van der Waals surface area contributed by atoms with Gasteiger partial charge in [0.1, 0.15) is 11.6 Å². The van der Waals surface area contributed by atoms with Crippen LogP contribution in [0.25, 0.3) is 0 Å². The number of likely N-dealkylation sites (tertiary alicyclic amines) is 1. The van der Waals surface area contributed by atoms with Crippen molar-refractivity contribution in [3.63, 3.8) is 0 Å². The summed E-state index contributed by atoms with van der Waals surface area (Å²) in [6.45, 7) is 2.22. The molecule has 0 bridgehead atoms. The average molecular weight is 284 g/mol. The molecule has 1 unspecified atom stereocenters. The zero-order valence-electron chi connectivity index (χ0n) is 10.8. The number of carbonyl (C=O) groups excluding carboxylic acids is 1. The molecule has 0 radical (unpaired) electrons. The summed E-state index contributed by atoms with van der Waals surface area (Å²) in [4.78, 5) is 23.9. The molecule has 0 spiro atoms. The second kappa shape index (κ2) is 5.44. The topological polar surface area (TPSA) is 69.6 Å². The maximum atomic E-state index is 13.0. The molecule has 1 fully saturated rings. The predicted molar refractivity (Wildman–Crippen MR) is 67.2 cm³/mol. The molecule has 1 aromatic rings. The Kier molecular flexibility index (Phi) is 3.87. The Morgan fingerprint density at radius 1 is 1.30 bits per heavy atom. The van der Waals surface area contributed by atoms with Gasteiger partial charge in [-0.25, -0.2) is 13.6 Å². The van der Waals surface area contributed by atoms with E-state index >= 15 is 0 Å². The van der Waals surface area contributed by atoms with Gasteiger partial charge in [-0.15, -0.1) is 0 Å². The lowest BCUT2D eigenvalue weighted by atomic mass is 9.87. The van der Waals surface area contributed by atoms with E-state index in [1.165, 1.54) is 4.90 Å². The number of amides is 2. The molecule has 0 saturated carbocycles. The number of nitrogens with zero attached hydrogens (tertiary/aromatic N) is 1. The van der Waals surface area contributed by atoms with Gasteiger partial charge in [0.15, 0.2) is 0 Å². The van der Waals surface area contributed by atoms with E-state index in [2.05, 4.69) is 5.32 Å². The number of halogens is 2. The first-order valence-corrected chi connectivity index (χ1v) is 6.11. The van der Waals surface area contributed by atoms with Gasteiger partial charge in [0.05, 0.1) is 5.92 Å². The monoisotopic (exact) mass is 284 g/mol. The molecule has 1 saturated heterocycles. The van der Waals surface area contributed by atoms with Gasteiger partial charge in [-0.3, -0.25) is 4.79 Å². The largest absolute Gasteiger partial charge is 0.481 e. The number of hydrogen-bond donors (Lipinski definition) is 2. The predicted octanol–water partition coefficient (Wildman–Crippen LogP) is 2.15. The smallest absolute Gasteiger partial charge is 0.321 e. The van der Waals surface area contributed by atoms with Crippen LogP contribution in [0.3, 0.4) is 0 Å². The minimum Gasteiger partial charge on any atom is -0.481 e. The minimum atomic E-state index is -0.901. The number of carbonyl (C=O) groups is 2. The number of aliphatic carboxylic acids is 1. The van der Waals surface area contributed by atoms with Gasteiger partial charge in [-0.05, 0) is 12.1 Å². The summed E-state index contributed by atoms with van der Waals surface area (Å²) in [5.41, 5.74) is 0.0298. The van der Waals surface area contributed by atoms with Crippen LogP contribution in [0, 0.1) is 23.5 Å². The van der Waals surface area contributed by atoms with E-state index in [1.54, 1.807) is 6.92 Å². The third kappa shape index (κ3) is 3.04. The van der Waals surface area contributed by atoms with Gasteiger partial charge in [0.25, 0.3) is 0 Å². The van der Waals surface area contributed by atoms with E-state index in [-0.39, 0.29) is 11.6 Å². The first-order valence-electron chi connectivity index (χ1n) is 6.11. The summed E-state index contributed by atoms with van der Waals surface area (Å²) in [5, 5.41) is 11.2. The molecule has 1 aliphatic rings. The highest BCUT2D eigenvalue weighted by Gasteiger charge is 2.37. The molecule has 1 heterocycles. The molecular weight excluding hydrogens is 270 g/mol. The first-order chi connectivity index (χ1) is 9.36. The van der Waals surface area contributed by atoms with Crippen LogP contribution >= 0.6 is 0 Å². The van der Waals surface area contributed by atoms with Gasteiger partial charge in [-0.1, -0.05) is 6.92 Å². The third-order valence-corrected chi connectivity index (χ3v) is 3.41. The number of rotatable bonds is 3. The van der Waals surface area contributed by atoms with Crippen molar-refractivity contribution in [2.75, 3.05) is 18.4 Å². The SMILES string of the molecule is CC(C(=O)O)C1CN(C(=O)Nc2cc(F)cc(F)c2)C1. The quantitative estimate of drug-likeness (QED) is 0.893. The van der Waals surface area contributed by atoms with E-state index < -0.39 is 29.6 Å². The van der Waals surface area contributed by atoms with Crippen molar-refractivity contribution >= 4 is 17.7 Å². The average Bonchev–Trinajstić information content (AvgIpc) is 2.24. The normalized spacial score (nSPS) is 16.4. The van der Waals surface area contributed by atoms with Gasteiger partial charge in [-0.2, -0.15) is 0 Å². The molecular formula is C13H14F2N2O3. The summed E-state index contributed by atoms with van der Waals surface area (Å²) >= 11 is 0. The van der Waals surface area contributed by atoms with Gasteiger partial charge < -0.3 is 15.3 Å². The van der Waals surface area contributed by atoms with Crippen LogP contribution in [-0.4, -0.2) is 35.1 Å². The number of benzene rings is 1. The summed E-state index contributed by atoms with van der Waals surface area (Å²) < 4.78 is 25.9. The lowest BCUT2D eigenvalue weighted by Crippen LogP contribution is -2.54. The Bertz CT molecular complexity index is 524. The Morgan fingerprint density at radius 3 is 2.35 bits per heavy atom. The molecule has 1 aromatic carbocycles. The highest BCUT2D eigenvalue weighted by molar-refractivity contribution is 5.90. The van der Waals surface area contributed by atoms with E-state index in [9.17, 15) is 18.4 Å². The number of anilines is 1. The molecule has 20 heavy (non-hydrogen) atoms. The van der Waals surface area contributed by atoms with Crippen LogP contribution in [0.2, 0.25) is 0 Å². The zero-order chi connectivity index (χ0) is 14.9. The van der Waals surface area contributed by atoms with Gasteiger partial charge in [0, 0.05) is 30.8 Å². The fourth-order valence-electron chi connectivity index (χ4n) is 2.02. The van der Waals surface area contributed by atoms with Gasteiger partial charge in [0.2, 0.25) is 0 Å². The summed E-state index contributed by atoms with van der Waals surface area (Å²) in [5.74, 6) is -3.07. The molecule has 5 nitrogen and oxygen atoms in total. The van der Waals surface area contributed by atoms with E-state index in [4.69, 9.17) is 5.11 Å². The lowest BCUT2D eigenvalue weighted by molar-refractivity contribution is -0.144. The fraction of sp³-hybridized carbons (Fsp3) is 0.385. The second-order valence-electron chi connectivity index (χ2n) is 4.88. The molecule has 2 N–H and O–H groups in total. The van der Waals surface area contributed by atoms with Crippen molar-refractivity contribution in [3.8, 4) is 0 Å². The van der Waals surface area contributed by atoms with Crippen molar-refractivity contribution in [1.29, 1.82) is 0 Å². The van der Waals surface area contributed by atoms with E-state index in [1.807, 2.05) is 0 Å². The van der Waals surface area contributed by atoms with Gasteiger partial charge >= 0.3 is 12.0 Å². The summed E-state index contributed by atoms with van der Waals surface area (Å²) in [6.07, 6.45) is 0. The highest BCUT2D eigenvalue weighted by Crippen LogP contribution is 2.25. The maximum Gasteiger partial charge on any atom is 0.321 e. The Labute approximate surface area is 114 Å². The number of hydrogen-bond acceptors (Lipinski definition) is 2. The molecule has 7 heteroatoms. The number of nitrogens with one attached hydrogen (secondary N) is 1. The number of carboxylic acid groups (broad SMARTS) is 1.